The van der Waals surface area contributed by atoms with Gasteiger partial charge in [-0.15, -0.1) is 0 Å². The average molecular weight is 431 g/mol. The largest absolute Gasteiger partial charge is 0.508 e. The Hall–Kier alpha value is -3.53. The molecule has 0 spiro atoms. The van der Waals surface area contributed by atoms with Gasteiger partial charge in [-0.3, -0.25) is 9.59 Å². The number of phenols is 1. The van der Waals surface area contributed by atoms with Gasteiger partial charge in [0, 0.05) is 18.6 Å². The number of rotatable bonds is 9. The lowest BCUT2D eigenvalue weighted by molar-refractivity contribution is -0.118. The Morgan fingerprint density at radius 1 is 1.20 bits per heavy atom. The minimum Gasteiger partial charge on any atom is -0.508 e. The summed E-state index contributed by atoms with van der Waals surface area (Å²) in [6.45, 7) is 1.57. The summed E-state index contributed by atoms with van der Waals surface area (Å²) in [5.41, 5.74) is 11.7. The van der Waals surface area contributed by atoms with Crippen LogP contribution in [0.25, 0.3) is 0 Å². The van der Waals surface area contributed by atoms with Gasteiger partial charge in [0.15, 0.2) is 0 Å². The summed E-state index contributed by atoms with van der Waals surface area (Å²) in [6, 6.07) is 7.40. The number of carbonyl (C=O) groups excluding carboxylic acids is 2. The Morgan fingerprint density at radius 3 is 2.37 bits per heavy atom. The number of phenolic OH excluding ortho intramolecular Hbond substituents is 1. The maximum Gasteiger partial charge on any atom is 0.250 e. The van der Waals surface area contributed by atoms with E-state index in [1.54, 1.807) is 19.1 Å². The van der Waals surface area contributed by atoms with Crippen LogP contribution >= 0.6 is 12.2 Å². The van der Waals surface area contributed by atoms with E-state index in [2.05, 4.69) is 10.6 Å². The molecule has 8 nitrogen and oxygen atoms in total. The molecular formula is C20H22FN5O3S. The molecule has 0 fully saturated rings. The van der Waals surface area contributed by atoms with Crippen LogP contribution in [0.4, 0.5) is 15.8 Å². The topological polar surface area (TPSA) is 154 Å². The summed E-state index contributed by atoms with van der Waals surface area (Å²) in [5, 5.41) is 22.4. The van der Waals surface area contributed by atoms with Crippen molar-refractivity contribution < 1.29 is 19.1 Å². The first-order valence-electron chi connectivity index (χ1n) is 8.87. The Morgan fingerprint density at radius 2 is 1.83 bits per heavy atom. The monoisotopic (exact) mass is 431 g/mol. The molecule has 2 rings (SSSR count). The zero-order chi connectivity index (χ0) is 22.4. The summed E-state index contributed by atoms with van der Waals surface area (Å²) in [5.74, 6) is -2.32. The van der Waals surface area contributed by atoms with Gasteiger partial charge in [0.1, 0.15) is 17.6 Å². The standard InChI is InChI=1S/C20H22FN5O3S/c1-10(22)6-18(30)26-15-9-16(14(21)8-13(15)19(23)28)25-17(20(24)29)7-11-2-4-12(27)5-3-11/h2-5,8-9,17,22,25,27H,6-7H2,1H3,(H2,23,28)(H2,24,29)(H,26,30). The van der Waals surface area contributed by atoms with Gasteiger partial charge in [-0.05, 0) is 36.8 Å². The van der Waals surface area contributed by atoms with E-state index in [1.807, 2.05) is 0 Å². The fourth-order valence-corrected chi connectivity index (χ4v) is 3.03. The zero-order valence-electron chi connectivity index (χ0n) is 16.2. The number of hydrogen-bond acceptors (Lipinski definition) is 6. The number of hydrogen-bond donors (Lipinski definition) is 6. The number of nitrogens with one attached hydrogen (secondary N) is 3. The first-order chi connectivity index (χ1) is 14.1. The highest BCUT2D eigenvalue weighted by molar-refractivity contribution is 7.80. The Kier molecular flexibility index (Phi) is 7.43. The Bertz CT molecular complexity index is 995. The van der Waals surface area contributed by atoms with Crippen molar-refractivity contribution in [2.24, 2.45) is 11.5 Å². The molecule has 0 aliphatic heterocycles. The van der Waals surface area contributed by atoms with Crippen LogP contribution in [0.15, 0.2) is 36.4 Å². The smallest absolute Gasteiger partial charge is 0.250 e. The van der Waals surface area contributed by atoms with Crippen LogP contribution < -0.4 is 22.1 Å². The molecule has 0 saturated carbocycles. The van der Waals surface area contributed by atoms with Crippen LogP contribution in [-0.4, -0.2) is 33.7 Å². The molecule has 1 atom stereocenters. The first-order valence-corrected chi connectivity index (χ1v) is 9.28. The third kappa shape index (κ3) is 6.24. The lowest BCUT2D eigenvalue weighted by Crippen LogP contribution is -2.37. The van der Waals surface area contributed by atoms with Crippen LogP contribution in [-0.2, 0) is 11.2 Å². The number of halogens is 1. The van der Waals surface area contributed by atoms with Crippen molar-refractivity contribution in [2.75, 3.05) is 10.6 Å². The Balaban J connectivity index is 2.33. The van der Waals surface area contributed by atoms with Gasteiger partial charge in [0.25, 0.3) is 5.91 Å². The van der Waals surface area contributed by atoms with E-state index in [-0.39, 0.29) is 40.5 Å². The summed E-state index contributed by atoms with van der Waals surface area (Å²) < 4.78 is 14.6. The maximum atomic E-state index is 14.6. The van der Waals surface area contributed by atoms with Crippen molar-refractivity contribution in [3.8, 4) is 5.75 Å². The van der Waals surface area contributed by atoms with E-state index in [0.29, 0.717) is 11.3 Å². The predicted molar refractivity (Wildman–Crippen MR) is 118 cm³/mol. The number of benzene rings is 2. The normalized spacial score (nSPS) is 11.4. The number of amides is 2. The van der Waals surface area contributed by atoms with Gasteiger partial charge in [0.2, 0.25) is 5.91 Å². The first kappa shape index (κ1) is 22.8. The van der Waals surface area contributed by atoms with Gasteiger partial charge in [0.05, 0.1) is 21.9 Å². The second-order valence-electron chi connectivity index (χ2n) is 6.72. The van der Waals surface area contributed by atoms with Crippen molar-refractivity contribution in [1.82, 2.24) is 0 Å². The van der Waals surface area contributed by atoms with Crippen molar-refractivity contribution in [2.45, 2.75) is 25.8 Å². The third-order valence-corrected chi connectivity index (χ3v) is 4.37. The highest BCUT2D eigenvalue weighted by Crippen LogP contribution is 2.26. The molecule has 0 heterocycles. The van der Waals surface area contributed by atoms with Crippen molar-refractivity contribution in [3.63, 3.8) is 0 Å². The summed E-state index contributed by atoms with van der Waals surface area (Å²) >= 11 is 5.15. The summed E-state index contributed by atoms with van der Waals surface area (Å²) in [4.78, 5) is 23.9. The molecule has 0 aliphatic carbocycles. The highest BCUT2D eigenvalue weighted by Gasteiger charge is 2.21. The number of carbonyl (C=O) groups is 2. The molecule has 30 heavy (non-hydrogen) atoms. The van der Waals surface area contributed by atoms with Crippen LogP contribution in [0.3, 0.4) is 0 Å². The molecular weight excluding hydrogens is 409 g/mol. The van der Waals surface area contributed by atoms with E-state index in [9.17, 15) is 19.1 Å². The van der Waals surface area contributed by atoms with E-state index < -0.39 is 23.7 Å². The van der Waals surface area contributed by atoms with Gasteiger partial charge in [-0.2, -0.15) is 0 Å². The molecule has 0 aliphatic rings. The lowest BCUT2D eigenvalue weighted by Gasteiger charge is -2.19. The number of aromatic hydroxyl groups is 1. The third-order valence-electron chi connectivity index (χ3n) is 4.12. The van der Waals surface area contributed by atoms with Crippen LogP contribution in [0.2, 0.25) is 0 Å². The van der Waals surface area contributed by atoms with Gasteiger partial charge in [-0.25, -0.2) is 4.39 Å². The van der Waals surface area contributed by atoms with Gasteiger partial charge >= 0.3 is 0 Å². The van der Waals surface area contributed by atoms with Crippen LogP contribution in [0.5, 0.6) is 5.75 Å². The van der Waals surface area contributed by atoms with Gasteiger partial charge in [-0.1, -0.05) is 24.4 Å². The summed E-state index contributed by atoms with van der Waals surface area (Å²) in [7, 11) is 0. The SMILES string of the molecule is CC(=N)CC(=S)Nc1cc(NC(Cc2ccc(O)cc2)C(N)=O)c(F)cc1C(N)=O. The molecule has 2 amide bonds. The van der Waals surface area contributed by atoms with Crippen LogP contribution in [0.1, 0.15) is 29.3 Å². The predicted octanol–water partition coefficient (Wildman–Crippen LogP) is 2.31. The Labute approximate surface area is 178 Å². The second-order valence-corrected chi connectivity index (χ2v) is 7.21. The summed E-state index contributed by atoms with van der Waals surface area (Å²) in [6.07, 6.45) is 0.291. The fraction of sp³-hybridized carbons (Fsp3) is 0.200. The average Bonchev–Trinajstić information content (AvgIpc) is 2.64. The number of primary amides is 2. The maximum absolute atomic E-state index is 14.6. The highest BCUT2D eigenvalue weighted by atomic mass is 32.1. The molecule has 2 aromatic rings. The number of anilines is 2. The quantitative estimate of drug-likeness (QED) is 0.264. The minimum atomic E-state index is -0.966. The molecule has 2 aromatic carbocycles. The zero-order valence-corrected chi connectivity index (χ0v) is 17.0. The van der Waals surface area contributed by atoms with E-state index in [1.165, 1.54) is 18.2 Å². The van der Waals surface area contributed by atoms with Crippen molar-refractivity contribution >= 4 is 46.1 Å². The fourth-order valence-electron chi connectivity index (χ4n) is 2.70. The second kappa shape index (κ2) is 9.79. The molecule has 0 aromatic heterocycles. The van der Waals surface area contributed by atoms with E-state index in [4.69, 9.17) is 29.1 Å². The molecule has 8 N–H and O–H groups in total. The molecule has 1 unspecified atom stereocenters. The lowest BCUT2D eigenvalue weighted by atomic mass is 10.0. The molecule has 10 heteroatoms. The van der Waals surface area contributed by atoms with Crippen molar-refractivity contribution in [3.05, 3.63) is 53.3 Å². The minimum absolute atomic E-state index is 0.0715. The van der Waals surface area contributed by atoms with Gasteiger partial charge < -0.3 is 32.6 Å². The molecule has 0 radical (unpaired) electrons. The molecule has 158 valence electrons. The molecule has 0 saturated heterocycles. The van der Waals surface area contributed by atoms with E-state index in [0.717, 1.165) is 6.07 Å². The van der Waals surface area contributed by atoms with Crippen molar-refractivity contribution in [1.29, 1.82) is 5.41 Å². The molecule has 0 bridgehead atoms. The van der Waals surface area contributed by atoms with Crippen LogP contribution in [0, 0.1) is 11.2 Å². The number of nitrogens with two attached hydrogens (primary N) is 2. The number of thiocarbonyl (C=S) groups is 1. The van der Waals surface area contributed by atoms with E-state index >= 15 is 0 Å².